The highest BCUT2D eigenvalue weighted by Crippen LogP contribution is 2.10. The third kappa shape index (κ3) is 4.66. The van der Waals surface area contributed by atoms with E-state index in [9.17, 15) is 9.59 Å². The molecule has 0 saturated heterocycles. The van der Waals surface area contributed by atoms with Gasteiger partial charge in [-0.05, 0) is 51.2 Å². The normalized spacial score (nSPS) is 12.2. The predicted molar refractivity (Wildman–Crippen MR) is 80.6 cm³/mol. The van der Waals surface area contributed by atoms with Crippen molar-refractivity contribution in [3.63, 3.8) is 0 Å². The van der Waals surface area contributed by atoms with E-state index in [2.05, 4.69) is 12.2 Å². The molecule has 0 aromatic heterocycles. The molecule has 0 aliphatic rings. The summed E-state index contributed by atoms with van der Waals surface area (Å²) in [6.07, 6.45) is 2.18. The number of likely N-dealkylation sites (N-methyl/N-ethyl adjacent to an activating group) is 1. The van der Waals surface area contributed by atoms with Gasteiger partial charge in [0.15, 0.2) is 0 Å². The molecule has 0 spiro atoms. The fourth-order valence-electron chi connectivity index (χ4n) is 1.77. The van der Waals surface area contributed by atoms with Crippen molar-refractivity contribution in [3.05, 3.63) is 29.8 Å². The zero-order chi connectivity index (χ0) is 15.1. The molecule has 1 atom stereocenters. The Balaban J connectivity index is 2.58. The lowest BCUT2D eigenvalue weighted by atomic mass is 10.2. The van der Waals surface area contributed by atoms with Gasteiger partial charge in [0.25, 0.3) is 0 Å². The van der Waals surface area contributed by atoms with Crippen LogP contribution in [-0.2, 0) is 4.79 Å². The molecule has 1 aromatic rings. The topological polar surface area (TPSA) is 75.4 Å². The number of hydrogen-bond acceptors (Lipinski definition) is 3. The minimum absolute atomic E-state index is 0.0598. The second kappa shape index (κ2) is 7.65. The maximum absolute atomic E-state index is 12.1. The average molecular weight is 277 g/mol. The van der Waals surface area contributed by atoms with E-state index in [4.69, 9.17) is 5.73 Å². The minimum atomic E-state index is -0.476. The summed E-state index contributed by atoms with van der Waals surface area (Å²) in [6.45, 7) is 4.90. The van der Waals surface area contributed by atoms with Crippen molar-refractivity contribution in [2.75, 3.05) is 18.9 Å². The van der Waals surface area contributed by atoms with Gasteiger partial charge in [-0.1, -0.05) is 13.3 Å². The SMILES string of the molecule is CCCCN(C)[C@H](C)C(=O)Nc1ccc(C(N)=O)cc1. The third-order valence-electron chi connectivity index (χ3n) is 3.34. The number of hydrogen-bond donors (Lipinski definition) is 2. The number of carbonyl (C=O) groups excluding carboxylic acids is 2. The molecule has 0 bridgehead atoms. The van der Waals surface area contributed by atoms with Crippen LogP contribution in [0.15, 0.2) is 24.3 Å². The van der Waals surface area contributed by atoms with Crippen LogP contribution in [0.25, 0.3) is 0 Å². The molecule has 0 saturated carbocycles. The van der Waals surface area contributed by atoms with Gasteiger partial charge >= 0.3 is 0 Å². The molecule has 5 nitrogen and oxygen atoms in total. The Morgan fingerprint density at radius 2 is 1.90 bits per heavy atom. The van der Waals surface area contributed by atoms with Crippen molar-refractivity contribution in [1.29, 1.82) is 0 Å². The first kappa shape index (κ1) is 16.2. The Morgan fingerprint density at radius 1 is 1.30 bits per heavy atom. The molecular weight excluding hydrogens is 254 g/mol. The molecule has 0 aliphatic heterocycles. The lowest BCUT2D eigenvalue weighted by molar-refractivity contribution is -0.120. The van der Waals surface area contributed by atoms with Gasteiger partial charge in [-0.2, -0.15) is 0 Å². The fourth-order valence-corrected chi connectivity index (χ4v) is 1.77. The second-order valence-electron chi connectivity index (χ2n) is 4.94. The summed E-state index contributed by atoms with van der Waals surface area (Å²) < 4.78 is 0. The zero-order valence-electron chi connectivity index (χ0n) is 12.3. The van der Waals surface area contributed by atoms with Crippen LogP contribution in [0.4, 0.5) is 5.69 Å². The highest BCUT2D eigenvalue weighted by atomic mass is 16.2. The van der Waals surface area contributed by atoms with Gasteiger partial charge in [0.1, 0.15) is 0 Å². The number of benzene rings is 1. The molecule has 0 unspecified atom stereocenters. The first-order chi connectivity index (χ1) is 9.45. The van der Waals surface area contributed by atoms with Gasteiger partial charge in [-0.15, -0.1) is 0 Å². The highest BCUT2D eigenvalue weighted by Gasteiger charge is 2.17. The van der Waals surface area contributed by atoms with Crippen LogP contribution in [0.2, 0.25) is 0 Å². The fraction of sp³-hybridized carbons (Fsp3) is 0.467. The second-order valence-corrected chi connectivity index (χ2v) is 4.94. The van der Waals surface area contributed by atoms with Gasteiger partial charge in [0, 0.05) is 11.3 Å². The smallest absolute Gasteiger partial charge is 0.248 e. The zero-order valence-corrected chi connectivity index (χ0v) is 12.3. The van der Waals surface area contributed by atoms with Gasteiger partial charge in [-0.3, -0.25) is 14.5 Å². The number of primary amides is 1. The molecule has 1 rings (SSSR count). The number of rotatable bonds is 7. The summed E-state index contributed by atoms with van der Waals surface area (Å²) in [6, 6.07) is 6.36. The van der Waals surface area contributed by atoms with Gasteiger partial charge in [-0.25, -0.2) is 0 Å². The molecule has 20 heavy (non-hydrogen) atoms. The van der Waals surface area contributed by atoms with Crippen molar-refractivity contribution in [1.82, 2.24) is 4.90 Å². The Bertz CT molecular complexity index is 457. The first-order valence-electron chi connectivity index (χ1n) is 6.86. The van der Waals surface area contributed by atoms with E-state index in [-0.39, 0.29) is 11.9 Å². The van der Waals surface area contributed by atoms with Gasteiger partial charge < -0.3 is 11.1 Å². The predicted octanol–water partition coefficient (Wildman–Crippen LogP) is 1.84. The average Bonchev–Trinajstić information content (AvgIpc) is 2.44. The largest absolute Gasteiger partial charge is 0.366 e. The maximum atomic E-state index is 12.1. The summed E-state index contributed by atoms with van der Waals surface area (Å²) in [4.78, 5) is 25.1. The molecule has 1 aromatic carbocycles. The summed E-state index contributed by atoms with van der Waals surface area (Å²) in [5, 5.41) is 2.83. The quantitative estimate of drug-likeness (QED) is 0.798. The highest BCUT2D eigenvalue weighted by molar-refractivity contribution is 5.96. The number of unbranched alkanes of at least 4 members (excludes halogenated alkanes) is 1. The molecule has 0 radical (unpaired) electrons. The molecule has 0 aliphatic carbocycles. The van der Waals surface area contributed by atoms with Gasteiger partial charge in [0.05, 0.1) is 6.04 Å². The van der Waals surface area contributed by atoms with Crippen molar-refractivity contribution >= 4 is 17.5 Å². The third-order valence-corrected chi connectivity index (χ3v) is 3.34. The molecule has 3 N–H and O–H groups in total. The summed E-state index contributed by atoms with van der Waals surface area (Å²) in [5.41, 5.74) is 6.26. The number of nitrogens with zero attached hydrogens (tertiary/aromatic N) is 1. The number of anilines is 1. The van der Waals surface area contributed by atoms with Crippen molar-refractivity contribution in [3.8, 4) is 0 Å². The molecule has 5 heteroatoms. The maximum Gasteiger partial charge on any atom is 0.248 e. The van der Waals surface area contributed by atoms with E-state index < -0.39 is 5.91 Å². The summed E-state index contributed by atoms with van der Waals surface area (Å²) in [7, 11) is 1.94. The van der Waals surface area contributed by atoms with E-state index in [1.165, 1.54) is 0 Å². The number of carbonyl (C=O) groups is 2. The minimum Gasteiger partial charge on any atom is -0.366 e. The Kier molecular flexibility index (Phi) is 6.18. The first-order valence-corrected chi connectivity index (χ1v) is 6.86. The van der Waals surface area contributed by atoms with Crippen LogP contribution in [-0.4, -0.2) is 36.3 Å². The van der Waals surface area contributed by atoms with Crippen LogP contribution in [0.1, 0.15) is 37.0 Å². The van der Waals surface area contributed by atoms with E-state index in [1.54, 1.807) is 24.3 Å². The van der Waals surface area contributed by atoms with Crippen molar-refractivity contribution < 1.29 is 9.59 Å². The number of nitrogens with two attached hydrogens (primary N) is 1. The van der Waals surface area contributed by atoms with Crippen LogP contribution in [0.3, 0.4) is 0 Å². The Labute approximate surface area is 120 Å². The van der Waals surface area contributed by atoms with Crippen LogP contribution >= 0.6 is 0 Å². The summed E-state index contributed by atoms with van der Waals surface area (Å²) in [5.74, 6) is -0.536. The summed E-state index contributed by atoms with van der Waals surface area (Å²) >= 11 is 0. The van der Waals surface area contributed by atoms with Crippen molar-refractivity contribution in [2.24, 2.45) is 5.73 Å². The Hall–Kier alpha value is -1.88. The molecule has 0 heterocycles. The molecule has 0 fully saturated rings. The standard InChI is InChI=1S/C15H23N3O2/c1-4-5-10-18(3)11(2)15(20)17-13-8-6-12(7-9-13)14(16)19/h6-9,11H,4-5,10H2,1-3H3,(H2,16,19)(H,17,20)/t11-/m1/s1. The van der Waals surface area contributed by atoms with E-state index >= 15 is 0 Å². The monoisotopic (exact) mass is 277 g/mol. The van der Waals surface area contributed by atoms with E-state index in [1.807, 2.05) is 18.9 Å². The van der Waals surface area contributed by atoms with Crippen LogP contribution in [0, 0.1) is 0 Å². The number of nitrogens with one attached hydrogen (secondary N) is 1. The lowest BCUT2D eigenvalue weighted by Crippen LogP contribution is -2.40. The van der Waals surface area contributed by atoms with Crippen LogP contribution in [0.5, 0.6) is 0 Å². The van der Waals surface area contributed by atoms with Gasteiger partial charge in [0.2, 0.25) is 11.8 Å². The van der Waals surface area contributed by atoms with E-state index in [0.29, 0.717) is 11.3 Å². The molecule has 2 amide bonds. The number of amides is 2. The van der Waals surface area contributed by atoms with E-state index in [0.717, 1.165) is 19.4 Å². The molecule has 110 valence electrons. The Morgan fingerprint density at radius 3 is 2.40 bits per heavy atom. The molecular formula is C15H23N3O2. The van der Waals surface area contributed by atoms with Crippen molar-refractivity contribution in [2.45, 2.75) is 32.7 Å². The lowest BCUT2D eigenvalue weighted by Gasteiger charge is -2.23. The van der Waals surface area contributed by atoms with Crippen LogP contribution < -0.4 is 11.1 Å².